The molecule has 3 rings (SSSR count). The highest BCUT2D eigenvalue weighted by molar-refractivity contribution is 5.72. The van der Waals surface area contributed by atoms with E-state index in [9.17, 15) is 4.79 Å². The van der Waals surface area contributed by atoms with E-state index in [1.54, 1.807) is 6.92 Å². The van der Waals surface area contributed by atoms with Crippen LogP contribution in [0.2, 0.25) is 0 Å². The topological polar surface area (TPSA) is 41.6 Å². The van der Waals surface area contributed by atoms with Crippen molar-refractivity contribution >= 4 is 5.91 Å². The summed E-state index contributed by atoms with van der Waals surface area (Å²) in [4.78, 5) is 13.6. The second kappa shape index (κ2) is 7.45. The number of likely N-dealkylation sites (tertiary alicyclic amines) is 1. The normalized spacial score (nSPS) is 24.0. The first-order valence-corrected chi connectivity index (χ1v) is 8.84. The molecule has 1 amide bonds. The van der Waals surface area contributed by atoms with Crippen LogP contribution in [0.15, 0.2) is 30.3 Å². The number of piperidine rings is 1. The van der Waals surface area contributed by atoms with Gasteiger partial charge < -0.3 is 15.0 Å². The number of carbonyl (C=O) groups excluding carboxylic acids is 1. The highest BCUT2D eigenvalue weighted by atomic mass is 16.5. The highest BCUT2D eigenvalue weighted by Crippen LogP contribution is 2.38. The van der Waals surface area contributed by atoms with Crippen LogP contribution in [-0.2, 0) is 16.0 Å². The lowest BCUT2D eigenvalue weighted by Gasteiger charge is -2.39. The van der Waals surface area contributed by atoms with Gasteiger partial charge in [0.1, 0.15) is 0 Å². The molecule has 1 unspecified atom stereocenters. The van der Waals surface area contributed by atoms with Crippen LogP contribution in [0.25, 0.3) is 0 Å². The summed E-state index contributed by atoms with van der Waals surface area (Å²) in [7, 11) is 0. The first-order valence-electron chi connectivity index (χ1n) is 8.84. The number of carbonyl (C=O) groups is 1. The van der Waals surface area contributed by atoms with Gasteiger partial charge in [0.25, 0.3) is 0 Å². The predicted octanol–water partition coefficient (Wildman–Crippen LogP) is 2.38. The molecule has 0 radical (unpaired) electrons. The molecule has 0 saturated carbocycles. The van der Waals surface area contributed by atoms with E-state index in [1.165, 1.54) is 5.56 Å². The molecule has 2 heterocycles. The Morgan fingerprint density at radius 2 is 2.00 bits per heavy atom. The van der Waals surface area contributed by atoms with E-state index in [0.717, 1.165) is 51.7 Å². The number of amides is 1. The fraction of sp³-hybridized carbons (Fsp3) is 0.632. The minimum Gasteiger partial charge on any atom is -0.370 e. The molecule has 1 spiro atoms. The van der Waals surface area contributed by atoms with Crippen LogP contribution < -0.4 is 5.32 Å². The molecule has 1 atom stereocenters. The molecule has 2 fully saturated rings. The fourth-order valence-corrected chi connectivity index (χ4v) is 3.78. The van der Waals surface area contributed by atoms with Crippen LogP contribution in [0.3, 0.4) is 0 Å². The van der Waals surface area contributed by atoms with Gasteiger partial charge in [-0.15, -0.1) is 0 Å². The third-order valence-corrected chi connectivity index (χ3v) is 5.24. The van der Waals surface area contributed by atoms with Crippen LogP contribution in [0.5, 0.6) is 0 Å². The molecule has 2 aliphatic rings. The van der Waals surface area contributed by atoms with Gasteiger partial charge in [-0.25, -0.2) is 0 Å². The van der Waals surface area contributed by atoms with Crippen LogP contribution in [0.4, 0.5) is 0 Å². The molecule has 126 valence electrons. The first kappa shape index (κ1) is 16.5. The summed E-state index contributed by atoms with van der Waals surface area (Å²) in [6.45, 7) is 5.61. The van der Waals surface area contributed by atoms with Gasteiger partial charge in [0.15, 0.2) is 0 Å². The molecule has 1 aromatic rings. The van der Waals surface area contributed by atoms with Gasteiger partial charge in [0, 0.05) is 33.1 Å². The number of hydrogen-bond acceptors (Lipinski definition) is 3. The number of hydrogen-bond donors (Lipinski definition) is 1. The monoisotopic (exact) mass is 316 g/mol. The Morgan fingerprint density at radius 3 is 2.70 bits per heavy atom. The second-order valence-corrected chi connectivity index (χ2v) is 6.98. The molecule has 2 aliphatic heterocycles. The van der Waals surface area contributed by atoms with Crippen molar-refractivity contribution in [2.45, 2.75) is 50.7 Å². The lowest BCUT2D eigenvalue weighted by Crippen LogP contribution is -2.45. The molecule has 4 nitrogen and oxygen atoms in total. The van der Waals surface area contributed by atoms with Gasteiger partial charge >= 0.3 is 0 Å². The fourth-order valence-electron chi connectivity index (χ4n) is 3.78. The van der Waals surface area contributed by atoms with Crippen molar-refractivity contribution in [1.29, 1.82) is 0 Å². The summed E-state index contributed by atoms with van der Waals surface area (Å²) >= 11 is 0. The zero-order chi connectivity index (χ0) is 16.1. The first-order chi connectivity index (χ1) is 11.2. The van der Waals surface area contributed by atoms with E-state index in [2.05, 4.69) is 40.5 Å². The predicted molar refractivity (Wildman–Crippen MR) is 91.3 cm³/mol. The van der Waals surface area contributed by atoms with Crippen molar-refractivity contribution in [3.8, 4) is 0 Å². The minimum atomic E-state index is 0.0327. The van der Waals surface area contributed by atoms with E-state index in [1.807, 2.05) is 0 Å². The van der Waals surface area contributed by atoms with Crippen molar-refractivity contribution in [1.82, 2.24) is 10.2 Å². The number of ether oxygens (including phenoxy) is 1. The van der Waals surface area contributed by atoms with Crippen molar-refractivity contribution in [2.75, 3.05) is 26.2 Å². The smallest absolute Gasteiger partial charge is 0.216 e. The van der Waals surface area contributed by atoms with Crippen LogP contribution in [0.1, 0.15) is 38.2 Å². The SMILES string of the molecule is CC(=O)NCC1CCC2(CCN(CCc3ccccc3)CC2)O1. The molecule has 0 aromatic heterocycles. The number of nitrogens with zero attached hydrogens (tertiary/aromatic N) is 1. The quantitative estimate of drug-likeness (QED) is 0.907. The van der Waals surface area contributed by atoms with Gasteiger partial charge in [0.05, 0.1) is 11.7 Å². The Labute approximate surface area is 139 Å². The van der Waals surface area contributed by atoms with Crippen molar-refractivity contribution < 1.29 is 9.53 Å². The zero-order valence-corrected chi connectivity index (χ0v) is 14.1. The molecule has 23 heavy (non-hydrogen) atoms. The molecule has 0 aliphatic carbocycles. The van der Waals surface area contributed by atoms with Gasteiger partial charge in [-0.3, -0.25) is 4.79 Å². The average Bonchev–Trinajstić information content (AvgIpc) is 2.96. The lowest BCUT2D eigenvalue weighted by atomic mass is 9.88. The molecule has 0 bridgehead atoms. The standard InChI is InChI=1S/C19H28N2O2/c1-16(22)20-15-18-7-9-19(23-18)10-13-21(14-11-19)12-8-17-5-3-2-4-6-17/h2-6,18H,7-15H2,1H3,(H,20,22). The Hall–Kier alpha value is -1.39. The largest absolute Gasteiger partial charge is 0.370 e. The maximum atomic E-state index is 11.0. The summed E-state index contributed by atoms with van der Waals surface area (Å²) in [6.07, 6.45) is 5.79. The van der Waals surface area contributed by atoms with Crippen LogP contribution in [-0.4, -0.2) is 48.7 Å². The Kier molecular flexibility index (Phi) is 5.34. The third-order valence-electron chi connectivity index (χ3n) is 5.24. The second-order valence-electron chi connectivity index (χ2n) is 6.98. The summed E-state index contributed by atoms with van der Waals surface area (Å²) in [5, 5.41) is 2.88. The van der Waals surface area contributed by atoms with Crippen molar-refractivity contribution in [3.05, 3.63) is 35.9 Å². The lowest BCUT2D eigenvalue weighted by molar-refractivity contribution is -0.120. The molecule has 2 saturated heterocycles. The Morgan fingerprint density at radius 1 is 1.26 bits per heavy atom. The minimum absolute atomic E-state index is 0.0327. The maximum absolute atomic E-state index is 11.0. The van der Waals surface area contributed by atoms with Gasteiger partial charge in [-0.1, -0.05) is 30.3 Å². The third kappa shape index (κ3) is 4.55. The van der Waals surface area contributed by atoms with Gasteiger partial charge in [0.2, 0.25) is 5.91 Å². The Balaban J connectivity index is 1.41. The van der Waals surface area contributed by atoms with Crippen LogP contribution in [0, 0.1) is 0 Å². The zero-order valence-electron chi connectivity index (χ0n) is 14.1. The number of rotatable bonds is 5. The maximum Gasteiger partial charge on any atom is 0.216 e. The molecular weight excluding hydrogens is 288 g/mol. The van der Waals surface area contributed by atoms with E-state index < -0.39 is 0 Å². The average molecular weight is 316 g/mol. The summed E-state index contributed by atoms with van der Waals surface area (Å²) in [5.74, 6) is 0.0327. The van der Waals surface area contributed by atoms with Gasteiger partial charge in [-0.2, -0.15) is 0 Å². The summed E-state index contributed by atoms with van der Waals surface area (Å²) in [6, 6.07) is 10.7. The summed E-state index contributed by atoms with van der Waals surface area (Å²) in [5.41, 5.74) is 1.49. The van der Waals surface area contributed by atoms with Gasteiger partial charge in [-0.05, 0) is 37.7 Å². The number of benzene rings is 1. The number of nitrogens with one attached hydrogen (secondary N) is 1. The molecule has 1 aromatic carbocycles. The van der Waals surface area contributed by atoms with E-state index in [0.29, 0.717) is 6.54 Å². The Bertz CT molecular complexity index is 509. The molecule has 4 heteroatoms. The van der Waals surface area contributed by atoms with Crippen LogP contribution >= 0.6 is 0 Å². The van der Waals surface area contributed by atoms with E-state index in [4.69, 9.17) is 4.74 Å². The molecular formula is C19H28N2O2. The summed E-state index contributed by atoms with van der Waals surface area (Å²) < 4.78 is 6.31. The van der Waals surface area contributed by atoms with E-state index in [-0.39, 0.29) is 17.6 Å². The highest BCUT2D eigenvalue weighted by Gasteiger charge is 2.42. The van der Waals surface area contributed by atoms with Crippen molar-refractivity contribution in [2.24, 2.45) is 0 Å². The van der Waals surface area contributed by atoms with Crippen molar-refractivity contribution in [3.63, 3.8) is 0 Å². The molecule has 1 N–H and O–H groups in total. The van der Waals surface area contributed by atoms with E-state index >= 15 is 0 Å².